The second kappa shape index (κ2) is 4.21. The maximum Gasteiger partial charge on any atom is 0.246 e. The molecule has 1 saturated heterocycles. The zero-order valence-corrected chi connectivity index (χ0v) is 11.2. The molecular formula is C13H24N2O. The first kappa shape index (κ1) is 13.2. The number of piperazine rings is 1. The molecule has 0 bridgehead atoms. The van der Waals surface area contributed by atoms with Crippen LogP contribution in [-0.4, -0.2) is 46.4 Å². The Bertz CT molecular complexity index is 289. The average Bonchev–Trinajstić information content (AvgIpc) is 2.12. The van der Waals surface area contributed by atoms with Gasteiger partial charge >= 0.3 is 0 Å². The molecule has 1 aliphatic rings. The van der Waals surface area contributed by atoms with E-state index in [1.54, 1.807) is 0 Å². The maximum absolute atomic E-state index is 11.6. The molecule has 1 amide bonds. The van der Waals surface area contributed by atoms with Gasteiger partial charge in [-0.25, -0.2) is 0 Å². The SMILES string of the molecule is C=CC(=O)N1CCN(C(C)(C)C)C(C)(C)C1. The molecule has 1 fully saturated rings. The topological polar surface area (TPSA) is 23.6 Å². The molecule has 1 rings (SSSR count). The van der Waals surface area contributed by atoms with Gasteiger partial charge in [0.05, 0.1) is 0 Å². The molecule has 16 heavy (non-hydrogen) atoms. The molecule has 1 heterocycles. The van der Waals surface area contributed by atoms with Crippen LogP contribution in [0.4, 0.5) is 0 Å². The summed E-state index contributed by atoms with van der Waals surface area (Å²) in [6, 6.07) is 0. The zero-order valence-electron chi connectivity index (χ0n) is 11.2. The van der Waals surface area contributed by atoms with Crippen molar-refractivity contribution in [1.29, 1.82) is 0 Å². The van der Waals surface area contributed by atoms with Crippen LogP contribution in [0.2, 0.25) is 0 Å². The Kier molecular flexibility index (Phi) is 3.48. The molecule has 0 saturated carbocycles. The van der Waals surface area contributed by atoms with Gasteiger partial charge in [-0.1, -0.05) is 6.58 Å². The van der Waals surface area contributed by atoms with Crippen molar-refractivity contribution in [1.82, 2.24) is 9.80 Å². The van der Waals surface area contributed by atoms with E-state index in [9.17, 15) is 4.79 Å². The van der Waals surface area contributed by atoms with Crippen molar-refractivity contribution < 1.29 is 4.79 Å². The second-order valence-electron chi connectivity index (χ2n) is 6.10. The third-order valence-corrected chi connectivity index (χ3v) is 3.20. The molecule has 0 aromatic rings. The van der Waals surface area contributed by atoms with Gasteiger partial charge in [0, 0.05) is 30.7 Å². The fraction of sp³-hybridized carbons (Fsp3) is 0.769. The van der Waals surface area contributed by atoms with E-state index >= 15 is 0 Å². The highest BCUT2D eigenvalue weighted by molar-refractivity contribution is 5.87. The highest BCUT2D eigenvalue weighted by Crippen LogP contribution is 2.28. The molecule has 0 radical (unpaired) electrons. The molecule has 0 unspecified atom stereocenters. The Labute approximate surface area is 99.1 Å². The summed E-state index contributed by atoms with van der Waals surface area (Å²) in [5, 5.41) is 0. The first-order valence-electron chi connectivity index (χ1n) is 5.87. The molecule has 0 spiro atoms. The van der Waals surface area contributed by atoms with Crippen LogP contribution in [0.3, 0.4) is 0 Å². The highest BCUT2D eigenvalue weighted by Gasteiger charge is 2.40. The van der Waals surface area contributed by atoms with Crippen LogP contribution < -0.4 is 0 Å². The molecule has 0 atom stereocenters. The zero-order chi connectivity index (χ0) is 12.6. The quantitative estimate of drug-likeness (QED) is 0.635. The molecule has 3 nitrogen and oxygen atoms in total. The van der Waals surface area contributed by atoms with Crippen molar-refractivity contribution in [3.63, 3.8) is 0 Å². The summed E-state index contributed by atoms with van der Waals surface area (Å²) in [7, 11) is 0. The number of amides is 1. The number of rotatable bonds is 1. The molecule has 0 aliphatic carbocycles. The first-order chi connectivity index (χ1) is 7.18. The van der Waals surface area contributed by atoms with Gasteiger partial charge in [-0.2, -0.15) is 0 Å². The summed E-state index contributed by atoms with van der Waals surface area (Å²) in [4.78, 5) is 15.9. The Morgan fingerprint density at radius 3 is 2.25 bits per heavy atom. The number of nitrogens with zero attached hydrogens (tertiary/aromatic N) is 2. The fourth-order valence-corrected chi connectivity index (χ4v) is 2.72. The molecule has 92 valence electrons. The largest absolute Gasteiger partial charge is 0.336 e. The first-order valence-corrected chi connectivity index (χ1v) is 5.87. The van der Waals surface area contributed by atoms with Crippen molar-refractivity contribution in [2.24, 2.45) is 0 Å². The Morgan fingerprint density at radius 1 is 1.31 bits per heavy atom. The van der Waals surface area contributed by atoms with Crippen molar-refractivity contribution >= 4 is 5.91 Å². The second-order valence-corrected chi connectivity index (χ2v) is 6.10. The number of carbonyl (C=O) groups excluding carboxylic acids is 1. The lowest BCUT2D eigenvalue weighted by Crippen LogP contribution is -2.65. The monoisotopic (exact) mass is 224 g/mol. The van der Waals surface area contributed by atoms with Crippen LogP contribution in [-0.2, 0) is 4.79 Å². The summed E-state index contributed by atoms with van der Waals surface area (Å²) in [5.74, 6) is 0.0432. The summed E-state index contributed by atoms with van der Waals surface area (Å²) in [5.41, 5.74) is 0.169. The predicted molar refractivity (Wildman–Crippen MR) is 67.3 cm³/mol. The van der Waals surface area contributed by atoms with Gasteiger partial charge in [-0.3, -0.25) is 9.69 Å². The molecule has 1 aliphatic heterocycles. The van der Waals surface area contributed by atoms with Crippen molar-refractivity contribution in [3.8, 4) is 0 Å². The fourth-order valence-electron chi connectivity index (χ4n) is 2.72. The van der Waals surface area contributed by atoms with Crippen molar-refractivity contribution in [2.75, 3.05) is 19.6 Å². The number of hydrogen-bond acceptors (Lipinski definition) is 2. The van der Waals surface area contributed by atoms with E-state index in [0.717, 1.165) is 19.6 Å². The van der Waals surface area contributed by atoms with Gasteiger partial charge in [0.2, 0.25) is 5.91 Å². The van der Waals surface area contributed by atoms with Gasteiger partial charge in [-0.15, -0.1) is 0 Å². The minimum absolute atomic E-state index is 0.0230. The van der Waals surface area contributed by atoms with Gasteiger partial charge < -0.3 is 4.90 Å². The van der Waals surface area contributed by atoms with E-state index < -0.39 is 0 Å². The van der Waals surface area contributed by atoms with Gasteiger partial charge in [0.25, 0.3) is 0 Å². The number of carbonyl (C=O) groups is 1. The van der Waals surface area contributed by atoms with Gasteiger partial charge in [0.1, 0.15) is 0 Å². The summed E-state index contributed by atoms with van der Waals surface area (Å²) in [6.07, 6.45) is 1.41. The Balaban J connectivity index is 2.81. The van der Waals surface area contributed by atoms with E-state index in [2.05, 4.69) is 46.1 Å². The minimum Gasteiger partial charge on any atom is -0.336 e. The van der Waals surface area contributed by atoms with Crippen molar-refractivity contribution in [2.45, 2.75) is 45.7 Å². The lowest BCUT2D eigenvalue weighted by molar-refractivity contribution is -0.133. The molecular weight excluding hydrogens is 200 g/mol. The lowest BCUT2D eigenvalue weighted by Gasteiger charge is -2.53. The predicted octanol–water partition coefficient (Wildman–Crippen LogP) is 1.89. The van der Waals surface area contributed by atoms with E-state index in [0.29, 0.717) is 0 Å². The van der Waals surface area contributed by atoms with E-state index in [1.165, 1.54) is 6.08 Å². The summed E-state index contributed by atoms with van der Waals surface area (Å²) >= 11 is 0. The summed E-state index contributed by atoms with van der Waals surface area (Å²) in [6.45, 7) is 17.1. The molecule has 0 aromatic heterocycles. The molecule has 3 heteroatoms. The third kappa shape index (κ3) is 2.64. The summed E-state index contributed by atoms with van der Waals surface area (Å²) < 4.78 is 0. The average molecular weight is 224 g/mol. The Morgan fingerprint density at radius 2 is 1.88 bits per heavy atom. The van der Waals surface area contributed by atoms with Crippen LogP contribution >= 0.6 is 0 Å². The number of hydrogen-bond donors (Lipinski definition) is 0. The Hall–Kier alpha value is -0.830. The third-order valence-electron chi connectivity index (χ3n) is 3.20. The van der Waals surface area contributed by atoms with Crippen molar-refractivity contribution in [3.05, 3.63) is 12.7 Å². The van der Waals surface area contributed by atoms with Crippen LogP contribution in [0.5, 0.6) is 0 Å². The van der Waals surface area contributed by atoms with E-state index in [-0.39, 0.29) is 17.0 Å². The van der Waals surface area contributed by atoms with Gasteiger partial charge in [-0.05, 0) is 40.7 Å². The van der Waals surface area contributed by atoms with Gasteiger partial charge in [0.15, 0.2) is 0 Å². The van der Waals surface area contributed by atoms with Crippen LogP contribution in [0.15, 0.2) is 12.7 Å². The standard InChI is InChI=1S/C13H24N2O/c1-7-11(16)14-8-9-15(12(2,3)4)13(5,6)10-14/h7H,1,8-10H2,2-6H3. The lowest BCUT2D eigenvalue weighted by atomic mass is 9.91. The van der Waals surface area contributed by atoms with Crippen LogP contribution in [0, 0.1) is 0 Å². The molecule has 0 N–H and O–H groups in total. The van der Waals surface area contributed by atoms with E-state index in [1.807, 2.05) is 4.90 Å². The van der Waals surface area contributed by atoms with E-state index in [4.69, 9.17) is 0 Å². The van der Waals surface area contributed by atoms with Crippen LogP contribution in [0.1, 0.15) is 34.6 Å². The molecule has 0 aromatic carbocycles. The smallest absolute Gasteiger partial charge is 0.246 e. The minimum atomic E-state index is 0.0230. The van der Waals surface area contributed by atoms with Crippen LogP contribution in [0.25, 0.3) is 0 Å². The normalized spacial score (nSPS) is 21.9. The highest BCUT2D eigenvalue weighted by atomic mass is 16.2. The maximum atomic E-state index is 11.6.